The second kappa shape index (κ2) is 6.35. The number of carbonyl (C=O) groups excluding carboxylic acids is 1. The first-order chi connectivity index (χ1) is 7.41. The number of oxime groups is 1. The van der Waals surface area contributed by atoms with Crippen molar-refractivity contribution in [3.8, 4) is 0 Å². The molecule has 0 aliphatic heterocycles. The number of amides is 1. The predicted octanol–water partition coefficient (Wildman–Crippen LogP) is 1.41. The van der Waals surface area contributed by atoms with E-state index < -0.39 is 5.41 Å². The number of rotatable bonds is 6. The van der Waals surface area contributed by atoms with Crippen LogP contribution < -0.4 is 5.73 Å². The van der Waals surface area contributed by atoms with Crippen molar-refractivity contribution < 1.29 is 10.0 Å². The van der Waals surface area contributed by atoms with Crippen LogP contribution in [-0.2, 0) is 4.79 Å². The maximum absolute atomic E-state index is 12.2. The molecule has 0 heterocycles. The molecule has 0 unspecified atom stereocenters. The molecule has 0 fully saturated rings. The molecule has 16 heavy (non-hydrogen) atoms. The molecule has 5 nitrogen and oxygen atoms in total. The molecule has 0 aliphatic carbocycles. The van der Waals surface area contributed by atoms with E-state index in [0.717, 1.165) is 12.8 Å². The van der Waals surface area contributed by atoms with Crippen LogP contribution in [0.5, 0.6) is 0 Å². The van der Waals surface area contributed by atoms with Gasteiger partial charge in [-0.25, -0.2) is 0 Å². The summed E-state index contributed by atoms with van der Waals surface area (Å²) < 4.78 is 0. The lowest BCUT2D eigenvalue weighted by Gasteiger charge is -2.30. The van der Waals surface area contributed by atoms with Gasteiger partial charge < -0.3 is 15.8 Å². The normalized spacial score (nSPS) is 12.6. The summed E-state index contributed by atoms with van der Waals surface area (Å²) in [6.45, 7) is 8.79. The molecule has 0 rings (SSSR count). The molecule has 0 radical (unpaired) electrons. The van der Waals surface area contributed by atoms with E-state index in [-0.39, 0.29) is 11.7 Å². The molecule has 3 N–H and O–H groups in total. The number of hydrogen-bond acceptors (Lipinski definition) is 3. The summed E-state index contributed by atoms with van der Waals surface area (Å²) in [7, 11) is 0. The Labute approximate surface area is 97.3 Å². The zero-order valence-electron chi connectivity index (χ0n) is 10.7. The molecule has 0 saturated carbocycles. The Balaban J connectivity index is 4.84. The molecule has 0 bridgehead atoms. The molecule has 0 spiro atoms. The monoisotopic (exact) mass is 229 g/mol. The highest BCUT2D eigenvalue weighted by molar-refractivity contribution is 6.05. The standard InChI is InChI=1S/C11H23N3O2/c1-5-7-14(8-6-2)10(15)11(3,4)9(12)13-16/h16H,5-8H2,1-4H3,(H2,12,13). The molecular weight excluding hydrogens is 206 g/mol. The zero-order valence-corrected chi connectivity index (χ0v) is 10.7. The summed E-state index contributed by atoms with van der Waals surface area (Å²) in [6.07, 6.45) is 1.80. The van der Waals surface area contributed by atoms with Gasteiger partial charge in [-0.05, 0) is 26.7 Å². The van der Waals surface area contributed by atoms with E-state index in [4.69, 9.17) is 10.9 Å². The molecular formula is C11H23N3O2. The molecule has 0 aliphatic rings. The van der Waals surface area contributed by atoms with Crippen LogP contribution >= 0.6 is 0 Å². The summed E-state index contributed by atoms with van der Waals surface area (Å²) in [5, 5.41) is 11.6. The second-order valence-corrected chi connectivity index (χ2v) is 4.40. The van der Waals surface area contributed by atoms with Gasteiger partial charge in [0.05, 0.1) is 0 Å². The maximum atomic E-state index is 12.2. The highest BCUT2D eigenvalue weighted by Crippen LogP contribution is 2.19. The lowest BCUT2D eigenvalue weighted by atomic mass is 9.90. The number of nitrogens with two attached hydrogens (primary N) is 1. The number of hydrogen-bond donors (Lipinski definition) is 2. The summed E-state index contributed by atoms with van der Waals surface area (Å²) in [5.41, 5.74) is 4.59. The molecule has 0 saturated heterocycles. The third-order valence-corrected chi connectivity index (χ3v) is 2.56. The minimum atomic E-state index is -0.945. The van der Waals surface area contributed by atoms with Crippen molar-refractivity contribution in [1.29, 1.82) is 0 Å². The van der Waals surface area contributed by atoms with Gasteiger partial charge in [-0.3, -0.25) is 4.79 Å². The van der Waals surface area contributed by atoms with Gasteiger partial charge in [0.15, 0.2) is 5.84 Å². The second-order valence-electron chi connectivity index (χ2n) is 4.40. The van der Waals surface area contributed by atoms with E-state index in [1.54, 1.807) is 18.7 Å². The Morgan fingerprint density at radius 2 is 1.75 bits per heavy atom. The summed E-state index contributed by atoms with van der Waals surface area (Å²) >= 11 is 0. The van der Waals surface area contributed by atoms with Gasteiger partial charge in [-0.15, -0.1) is 0 Å². The minimum absolute atomic E-state index is 0.0466. The van der Waals surface area contributed by atoms with Crippen LogP contribution in [0.3, 0.4) is 0 Å². The van der Waals surface area contributed by atoms with Crippen LogP contribution in [0.15, 0.2) is 5.16 Å². The largest absolute Gasteiger partial charge is 0.409 e. The van der Waals surface area contributed by atoms with Gasteiger partial charge in [0.2, 0.25) is 5.91 Å². The van der Waals surface area contributed by atoms with Crippen LogP contribution in [0.25, 0.3) is 0 Å². The van der Waals surface area contributed by atoms with Gasteiger partial charge >= 0.3 is 0 Å². The number of nitrogens with zero attached hydrogens (tertiary/aromatic N) is 2. The van der Waals surface area contributed by atoms with Crippen molar-refractivity contribution in [1.82, 2.24) is 4.90 Å². The lowest BCUT2D eigenvalue weighted by Crippen LogP contribution is -2.48. The highest BCUT2D eigenvalue weighted by atomic mass is 16.4. The molecule has 0 aromatic heterocycles. The molecule has 0 aromatic rings. The van der Waals surface area contributed by atoms with E-state index in [0.29, 0.717) is 13.1 Å². The van der Waals surface area contributed by atoms with Crippen LogP contribution in [0.4, 0.5) is 0 Å². The topological polar surface area (TPSA) is 78.9 Å². The average Bonchev–Trinajstić information content (AvgIpc) is 2.26. The fourth-order valence-electron chi connectivity index (χ4n) is 1.48. The molecule has 94 valence electrons. The fourth-order valence-corrected chi connectivity index (χ4v) is 1.48. The predicted molar refractivity (Wildman–Crippen MR) is 64.4 cm³/mol. The van der Waals surface area contributed by atoms with Crippen molar-refractivity contribution in [2.24, 2.45) is 16.3 Å². The number of amidine groups is 1. The minimum Gasteiger partial charge on any atom is -0.409 e. The Morgan fingerprint density at radius 1 is 1.31 bits per heavy atom. The van der Waals surface area contributed by atoms with Gasteiger partial charge in [0.25, 0.3) is 0 Å². The Kier molecular flexibility index (Phi) is 5.85. The Morgan fingerprint density at radius 3 is 2.06 bits per heavy atom. The average molecular weight is 229 g/mol. The first-order valence-corrected chi connectivity index (χ1v) is 5.69. The van der Waals surface area contributed by atoms with E-state index in [1.165, 1.54) is 0 Å². The van der Waals surface area contributed by atoms with Crippen molar-refractivity contribution in [3.05, 3.63) is 0 Å². The third kappa shape index (κ3) is 3.40. The van der Waals surface area contributed by atoms with Crippen LogP contribution in [-0.4, -0.2) is 34.9 Å². The first-order valence-electron chi connectivity index (χ1n) is 5.69. The summed E-state index contributed by atoms with van der Waals surface area (Å²) in [5.74, 6) is -0.138. The van der Waals surface area contributed by atoms with E-state index in [9.17, 15) is 4.79 Å². The third-order valence-electron chi connectivity index (χ3n) is 2.56. The van der Waals surface area contributed by atoms with Crippen molar-refractivity contribution in [2.75, 3.05) is 13.1 Å². The SMILES string of the molecule is CCCN(CCC)C(=O)C(C)(C)C(N)=NO. The van der Waals surface area contributed by atoms with Crippen LogP contribution in [0, 0.1) is 5.41 Å². The zero-order chi connectivity index (χ0) is 12.8. The van der Waals surface area contributed by atoms with E-state index in [1.807, 2.05) is 13.8 Å². The van der Waals surface area contributed by atoms with Crippen molar-refractivity contribution in [3.63, 3.8) is 0 Å². The van der Waals surface area contributed by atoms with Gasteiger partial charge in [-0.2, -0.15) is 0 Å². The molecule has 0 aromatic carbocycles. The van der Waals surface area contributed by atoms with Gasteiger partial charge in [0, 0.05) is 13.1 Å². The van der Waals surface area contributed by atoms with Crippen LogP contribution in [0.2, 0.25) is 0 Å². The maximum Gasteiger partial charge on any atom is 0.235 e. The smallest absolute Gasteiger partial charge is 0.235 e. The summed E-state index contributed by atoms with van der Waals surface area (Å²) in [6, 6.07) is 0. The molecule has 0 atom stereocenters. The lowest BCUT2D eigenvalue weighted by molar-refractivity contribution is -0.137. The van der Waals surface area contributed by atoms with Crippen molar-refractivity contribution >= 4 is 11.7 Å². The van der Waals surface area contributed by atoms with Gasteiger partial charge in [0.1, 0.15) is 5.41 Å². The van der Waals surface area contributed by atoms with Crippen LogP contribution in [0.1, 0.15) is 40.5 Å². The Bertz CT molecular complexity index is 256. The van der Waals surface area contributed by atoms with E-state index >= 15 is 0 Å². The molecule has 1 amide bonds. The fraction of sp³-hybridized carbons (Fsp3) is 0.818. The molecule has 5 heteroatoms. The quantitative estimate of drug-likeness (QED) is 0.313. The van der Waals surface area contributed by atoms with E-state index in [2.05, 4.69) is 5.16 Å². The van der Waals surface area contributed by atoms with Crippen molar-refractivity contribution in [2.45, 2.75) is 40.5 Å². The van der Waals surface area contributed by atoms with Gasteiger partial charge in [-0.1, -0.05) is 19.0 Å². The first kappa shape index (κ1) is 14.7. The number of carbonyl (C=O) groups is 1. The highest BCUT2D eigenvalue weighted by Gasteiger charge is 2.35. The Hall–Kier alpha value is -1.26. The summed E-state index contributed by atoms with van der Waals surface area (Å²) in [4.78, 5) is 14.0.